The summed E-state index contributed by atoms with van der Waals surface area (Å²) in [6, 6.07) is 6.02. The van der Waals surface area contributed by atoms with E-state index in [0.717, 1.165) is 6.42 Å². The number of thiophene rings is 1. The molecule has 1 aliphatic rings. The van der Waals surface area contributed by atoms with E-state index in [1.807, 2.05) is 11.4 Å². The smallest absolute Gasteiger partial charge is 0.235 e. The first-order valence-electron chi connectivity index (χ1n) is 7.15. The Balaban J connectivity index is 1.59. The molecule has 2 aromatic rings. The van der Waals surface area contributed by atoms with Gasteiger partial charge in [-0.25, -0.2) is 4.39 Å². The Bertz CT molecular complexity index is 762. The molecule has 1 atom stereocenters. The summed E-state index contributed by atoms with van der Waals surface area (Å²) >= 11 is 7.65. The molecule has 1 aromatic carbocycles. The summed E-state index contributed by atoms with van der Waals surface area (Å²) in [5, 5.41) is 2.28. The highest BCUT2D eigenvalue weighted by atomic mass is 35.5. The van der Waals surface area contributed by atoms with Crippen molar-refractivity contribution in [2.75, 3.05) is 12.3 Å². The van der Waals surface area contributed by atoms with E-state index in [1.54, 1.807) is 16.2 Å². The quantitative estimate of drug-likeness (QED) is 0.826. The van der Waals surface area contributed by atoms with E-state index in [1.165, 1.54) is 28.6 Å². The van der Waals surface area contributed by atoms with Gasteiger partial charge >= 0.3 is 0 Å². The third-order valence-corrected chi connectivity index (χ3v) is 6.35. The van der Waals surface area contributed by atoms with E-state index in [-0.39, 0.29) is 22.4 Å². The second-order valence-electron chi connectivity index (χ2n) is 5.40. The van der Waals surface area contributed by atoms with Crippen LogP contribution in [0.4, 0.5) is 4.39 Å². The summed E-state index contributed by atoms with van der Waals surface area (Å²) in [4.78, 5) is 15.4. The van der Waals surface area contributed by atoms with Gasteiger partial charge in [0.2, 0.25) is 5.91 Å². The third-order valence-electron chi connectivity index (χ3n) is 3.78. The molecule has 0 saturated carbocycles. The van der Waals surface area contributed by atoms with Crippen molar-refractivity contribution in [3.05, 3.63) is 56.5 Å². The minimum absolute atomic E-state index is 0.0345. The zero-order valence-electron chi connectivity index (χ0n) is 12.3. The van der Waals surface area contributed by atoms with Crippen LogP contribution >= 0.6 is 22.9 Å². The zero-order valence-corrected chi connectivity index (χ0v) is 14.6. The van der Waals surface area contributed by atoms with Crippen LogP contribution in [0.15, 0.2) is 29.6 Å². The van der Waals surface area contributed by atoms with Gasteiger partial charge in [-0.2, -0.15) is 0 Å². The number of hydrogen-bond donors (Lipinski definition) is 0. The van der Waals surface area contributed by atoms with E-state index >= 15 is 0 Å². The Morgan fingerprint density at radius 2 is 2.22 bits per heavy atom. The predicted molar refractivity (Wildman–Crippen MR) is 91.6 cm³/mol. The van der Waals surface area contributed by atoms with Crippen LogP contribution in [-0.2, 0) is 34.3 Å². The van der Waals surface area contributed by atoms with Crippen molar-refractivity contribution >= 4 is 39.6 Å². The van der Waals surface area contributed by atoms with Crippen LogP contribution in [0.5, 0.6) is 0 Å². The molecule has 0 bridgehead atoms. The van der Waals surface area contributed by atoms with Gasteiger partial charge in [-0.3, -0.25) is 9.00 Å². The van der Waals surface area contributed by atoms with Crippen molar-refractivity contribution in [2.24, 2.45) is 0 Å². The van der Waals surface area contributed by atoms with Crippen molar-refractivity contribution in [1.82, 2.24) is 4.90 Å². The van der Waals surface area contributed by atoms with Crippen molar-refractivity contribution < 1.29 is 13.4 Å². The highest BCUT2D eigenvalue weighted by molar-refractivity contribution is 7.84. The van der Waals surface area contributed by atoms with Crippen LogP contribution < -0.4 is 0 Å². The molecule has 0 fully saturated rings. The molecule has 0 aliphatic carbocycles. The zero-order chi connectivity index (χ0) is 16.4. The van der Waals surface area contributed by atoms with Gasteiger partial charge in [0.15, 0.2) is 0 Å². The van der Waals surface area contributed by atoms with Gasteiger partial charge in [-0.05, 0) is 41.1 Å². The molecule has 3 rings (SSSR count). The lowest BCUT2D eigenvalue weighted by Crippen LogP contribution is -2.38. The molecule has 122 valence electrons. The Labute approximate surface area is 145 Å². The molecular weight excluding hydrogens is 357 g/mol. The average Bonchev–Trinajstić information content (AvgIpc) is 2.97. The molecule has 0 N–H and O–H groups in total. The number of rotatable bonds is 4. The monoisotopic (exact) mass is 371 g/mol. The van der Waals surface area contributed by atoms with Gasteiger partial charge in [0.05, 0.1) is 5.75 Å². The SMILES string of the molecule is O=C(C[S@@](=O)Cc1ccc(F)cc1Cl)N1CCc2sccc2C1. The van der Waals surface area contributed by atoms with Gasteiger partial charge in [0.25, 0.3) is 0 Å². The Morgan fingerprint density at radius 3 is 3.00 bits per heavy atom. The third kappa shape index (κ3) is 4.00. The van der Waals surface area contributed by atoms with E-state index in [2.05, 4.69) is 0 Å². The number of carbonyl (C=O) groups excluding carboxylic acids is 1. The number of amides is 1. The van der Waals surface area contributed by atoms with E-state index in [0.29, 0.717) is 18.7 Å². The summed E-state index contributed by atoms with van der Waals surface area (Å²) in [5.41, 5.74) is 1.78. The maximum absolute atomic E-state index is 13.0. The van der Waals surface area contributed by atoms with E-state index in [9.17, 15) is 13.4 Å². The molecule has 3 nitrogen and oxygen atoms in total. The summed E-state index contributed by atoms with van der Waals surface area (Å²) < 4.78 is 25.2. The standard InChI is InChI=1S/C16H15ClFNO2S2/c17-14-7-13(18)2-1-12(14)9-23(21)10-16(20)19-5-3-15-11(8-19)4-6-22-15/h1-2,4,6-7H,3,5,8-10H2/t23-/m0/s1. The summed E-state index contributed by atoms with van der Waals surface area (Å²) in [6.07, 6.45) is 0.856. The van der Waals surface area contributed by atoms with Crippen LogP contribution in [0.2, 0.25) is 5.02 Å². The number of hydrogen-bond acceptors (Lipinski definition) is 3. The molecule has 23 heavy (non-hydrogen) atoms. The number of carbonyl (C=O) groups is 1. The summed E-state index contributed by atoms with van der Waals surface area (Å²) in [6.45, 7) is 1.26. The molecule has 1 aliphatic heterocycles. The normalized spacial score (nSPS) is 15.3. The fourth-order valence-corrected chi connectivity index (χ4v) is 4.92. The average molecular weight is 372 g/mol. The first kappa shape index (κ1) is 16.6. The molecule has 1 amide bonds. The van der Waals surface area contributed by atoms with Crippen molar-refractivity contribution in [1.29, 1.82) is 0 Å². The van der Waals surface area contributed by atoms with Gasteiger partial charge < -0.3 is 4.90 Å². The second kappa shape index (κ2) is 7.11. The van der Waals surface area contributed by atoms with Crippen molar-refractivity contribution in [2.45, 2.75) is 18.7 Å². The van der Waals surface area contributed by atoms with Crippen LogP contribution in [0.25, 0.3) is 0 Å². The first-order valence-corrected chi connectivity index (χ1v) is 9.89. The van der Waals surface area contributed by atoms with Gasteiger partial charge in [-0.15, -0.1) is 11.3 Å². The predicted octanol–water partition coefficient (Wildman–Crippen LogP) is 3.37. The number of halogens is 2. The number of benzene rings is 1. The van der Waals surface area contributed by atoms with Crippen LogP contribution in [-0.4, -0.2) is 27.3 Å². The Morgan fingerprint density at radius 1 is 1.39 bits per heavy atom. The van der Waals surface area contributed by atoms with Gasteiger partial charge in [0.1, 0.15) is 11.6 Å². The summed E-state index contributed by atoms with van der Waals surface area (Å²) in [5.74, 6) is -0.422. The fraction of sp³-hybridized carbons (Fsp3) is 0.312. The topological polar surface area (TPSA) is 37.4 Å². The lowest BCUT2D eigenvalue weighted by molar-refractivity contribution is -0.129. The van der Waals surface area contributed by atoms with Crippen LogP contribution in [0.3, 0.4) is 0 Å². The molecule has 0 saturated heterocycles. The molecule has 7 heteroatoms. The largest absolute Gasteiger partial charge is 0.337 e. The Hall–Kier alpha value is -1.24. The van der Waals surface area contributed by atoms with E-state index in [4.69, 9.17) is 11.6 Å². The van der Waals surface area contributed by atoms with Gasteiger partial charge in [0, 0.05) is 33.8 Å². The van der Waals surface area contributed by atoms with Crippen molar-refractivity contribution in [3.8, 4) is 0 Å². The fourth-order valence-electron chi connectivity index (χ4n) is 2.55. The molecule has 0 unspecified atom stereocenters. The maximum Gasteiger partial charge on any atom is 0.235 e. The number of nitrogens with zero attached hydrogens (tertiary/aromatic N) is 1. The second-order valence-corrected chi connectivity index (χ2v) is 8.26. The van der Waals surface area contributed by atoms with Crippen LogP contribution in [0.1, 0.15) is 16.0 Å². The lowest BCUT2D eigenvalue weighted by Gasteiger charge is -2.26. The molecule has 1 aromatic heterocycles. The van der Waals surface area contributed by atoms with Gasteiger partial charge in [-0.1, -0.05) is 17.7 Å². The molecule has 0 radical (unpaired) electrons. The molecule has 2 heterocycles. The number of fused-ring (bicyclic) bond motifs is 1. The minimum atomic E-state index is -1.36. The highest BCUT2D eigenvalue weighted by Gasteiger charge is 2.23. The summed E-state index contributed by atoms with van der Waals surface area (Å²) in [7, 11) is -1.36. The first-order chi connectivity index (χ1) is 11.0. The maximum atomic E-state index is 13.0. The Kier molecular flexibility index (Phi) is 5.14. The van der Waals surface area contributed by atoms with Crippen LogP contribution in [0, 0.1) is 5.82 Å². The molecular formula is C16H15ClFNO2S2. The van der Waals surface area contributed by atoms with E-state index < -0.39 is 16.6 Å². The minimum Gasteiger partial charge on any atom is -0.337 e. The highest BCUT2D eigenvalue weighted by Crippen LogP contribution is 2.24. The molecule has 0 spiro atoms. The lowest BCUT2D eigenvalue weighted by atomic mass is 10.1. The van der Waals surface area contributed by atoms with Crippen molar-refractivity contribution in [3.63, 3.8) is 0 Å².